The van der Waals surface area contributed by atoms with Crippen molar-refractivity contribution in [3.05, 3.63) is 24.3 Å². The van der Waals surface area contributed by atoms with E-state index in [0.717, 1.165) is 12.1 Å². The summed E-state index contributed by atoms with van der Waals surface area (Å²) in [5, 5.41) is 2.96. The van der Waals surface area contributed by atoms with Gasteiger partial charge in [0.2, 0.25) is 11.8 Å². The van der Waals surface area contributed by atoms with Gasteiger partial charge in [0.05, 0.1) is 18.2 Å². The number of para-hydroxylation sites is 2. The highest BCUT2D eigenvalue weighted by molar-refractivity contribution is 6.01. The van der Waals surface area contributed by atoms with Crippen LogP contribution >= 0.6 is 0 Å². The number of hydrogen-bond acceptors (Lipinski definition) is 4. The normalized spacial score (nSPS) is 18.5. The zero-order valence-electron chi connectivity index (χ0n) is 14.6. The van der Waals surface area contributed by atoms with Crippen LogP contribution in [-0.4, -0.2) is 44.7 Å². The molecule has 1 aliphatic heterocycles. The van der Waals surface area contributed by atoms with Crippen molar-refractivity contribution in [2.75, 3.05) is 31.8 Å². The first-order valence-electron chi connectivity index (χ1n) is 8.38. The second kappa shape index (κ2) is 8.68. The van der Waals surface area contributed by atoms with Gasteiger partial charge in [-0.3, -0.25) is 9.59 Å². The summed E-state index contributed by atoms with van der Waals surface area (Å²) in [6.07, 6.45) is 0.975. The molecule has 1 aliphatic rings. The van der Waals surface area contributed by atoms with E-state index >= 15 is 0 Å². The maximum atomic E-state index is 12.4. The van der Waals surface area contributed by atoms with E-state index in [1.54, 1.807) is 12.0 Å². The van der Waals surface area contributed by atoms with Gasteiger partial charge in [0, 0.05) is 32.7 Å². The summed E-state index contributed by atoms with van der Waals surface area (Å²) in [5.41, 5.74) is 0.729. The predicted molar refractivity (Wildman–Crippen MR) is 92.2 cm³/mol. The summed E-state index contributed by atoms with van der Waals surface area (Å²) in [4.78, 5) is 26.4. The van der Waals surface area contributed by atoms with E-state index < -0.39 is 0 Å². The third-order valence-electron chi connectivity index (χ3n) is 4.10. The number of benzene rings is 1. The molecule has 2 rings (SSSR count). The Morgan fingerprint density at radius 2 is 2.17 bits per heavy atom. The first-order chi connectivity index (χ1) is 11.6. The summed E-state index contributed by atoms with van der Waals surface area (Å²) in [6.45, 7) is 5.35. The van der Waals surface area contributed by atoms with Crippen molar-refractivity contribution < 1.29 is 19.1 Å². The number of anilines is 1. The number of carbonyl (C=O) groups is 2. The van der Waals surface area contributed by atoms with Gasteiger partial charge in [-0.2, -0.15) is 0 Å². The fraction of sp³-hybridized carbons (Fsp3) is 0.556. The fourth-order valence-corrected chi connectivity index (χ4v) is 2.80. The van der Waals surface area contributed by atoms with Crippen molar-refractivity contribution in [3.8, 4) is 5.75 Å². The highest BCUT2D eigenvalue weighted by atomic mass is 16.5. The summed E-state index contributed by atoms with van der Waals surface area (Å²) >= 11 is 0. The van der Waals surface area contributed by atoms with Crippen molar-refractivity contribution in [2.24, 2.45) is 5.92 Å². The topological polar surface area (TPSA) is 67.9 Å². The zero-order chi connectivity index (χ0) is 17.5. The Hall–Kier alpha value is -2.08. The number of ether oxygens (including phenoxy) is 2. The van der Waals surface area contributed by atoms with E-state index in [0.29, 0.717) is 25.5 Å². The Morgan fingerprint density at radius 1 is 1.42 bits per heavy atom. The molecule has 1 aromatic rings. The molecule has 1 aromatic carbocycles. The molecule has 0 saturated carbocycles. The first-order valence-corrected chi connectivity index (χ1v) is 8.38. The lowest BCUT2D eigenvalue weighted by Gasteiger charge is -2.20. The minimum Gasteiger partial charge on any atom is -0.492 e. The van der Waals surface area contributed by atoms with Crippen LogP contribution in [0.2, 0.25) is 0 Å². The molecule has 0 bridgehead atoms. The molecule has 1 fully saturated rings. The van der Waals surface area contributed by atoms with Crippen LogP contribution in [0.3, 0.4) is 0 Å². The summed E-state index contributed by atoms with van der Waals surface area (Å²) in [7, 11) is 1.64. The van der Waals surface area contributed by atoms with Crippen molar-refractivity contribution in [2.45, 2.75) is 32.7 Å². The van der Waals surface area contributed by atoms with Gasteiger partial charge >= 0.3 is 0 Å². The van der Waals surface area contributed by atoms with Gasteiger partial charge in [-0.05, 0) is 32.4 Å². The highest BCUT2D eigenvalue weighted by Crippen LogP contribution is 2.33. The Labute approximate surface area is 143 Å². The maximum absolute atomic E-state index is 12.4. The van der Waals surface area contributed by atoms with E-state index in [1.165, 1.54) is 0 Å². The van der Waals surface area contributed by atoms with E-state index in [2.05, 4.69) is 5.32 Å². The molecule has 2 atom stereocenters. The minimum absolute atomic E-state index is 0.0253. The van der Waals surface area contributed by atoms with E-state index in [4.69, 9.17) is 9.47 Å². The Kier molecular flexibility index (Phi) is 6.61. The van der Waals surface area contributed by atoms with Crippen LogP contribution in [0.5, 0.6) is 5.75 Å². The number of nitrogens with one attached hydrogen (secondary N) is 1. The maximum Gasteiger partial charge on any atom is 0.227 e. The average Bonchev–Trinajstić information content (AvgIpc) is 2.95. The largest absolute Gasteiger partial charge is 0.492 e. The fourth-order valence-electron chi connectivity index (χ4n) is 2.80. The van der Waals surface area contributed by atoms with E-state index in [9.17, 15) is 9.59 Å². The van der Waals surface area contributed by atoms with Crippen LogP contribution in [0.25, 0.3) is 0 Å². The molecule has 1 heterocycles. The molecular formula is C18H26N2O4. The molecule has 6 nitrogen and oxygen atoms in total. The third-order valence-corrected chi connectivity index (χ3v) is 4.10. The molecule has 0 aliphatic carbocycles. The van der Waals surface area contributed by atoms with Crippen LogP contribution in [0, 0.1) is 5.92 Å². The lowest BCUT2D eigenvalue weighted by molar-refractivity contribution is -0.126. The highest BCUT2D eigenvalue weighted by Gasteiger charge is 2.36. The second-order valence-electron chi connectivity index (χ2n) is 6.00. The van der Waals surface area contributed by atoms with Gasteiger partial charge in [0.15, 0.2) is 0 Å². The number of methoxy groups -OCH3 is 1. The van der Waals surface area contributed by atoms with Crippen LogP contribution < -0.4 is 15.0 Å². The minimum atomic E-state index is -0.336. The quantitative estimate of drug-likeness (QED) is 0.789. The Balaban J connectivity index is 2.02. The molecule has 1 N–H and O–H groups in total. The molecule has 1 saturated heterocycles. The van der Waals surface area contributed by atoms with Gasteiger partial charge in [0.1, 0.15) is 5.75 Å². The van der Waals surface area contributed by atoms with Gasteiger partial charge in [-0.15, -0.1) is 0 Å². The molecule has 132 valence electrons. The molecule has 0 spiro atoms. The molecule has 24 heavy (non-hydrogen) atoms. The molecule has 6 heteroatoms. The molecule has 0 aromatic heterocycles. The summed E-state index contributed by atoms with van der Waals surface area (Å²) in [5.74, 6) is 0.204. The van der Waals surface area contributed by atoms with Crippen LogP contribution in [0.1, 0.15) is 26.7 Å². The summed E-state index contributed by atoms with van der Waals surface area (Å²) < 4.78 is 10.6. The number of nitrogens with zero attached hydrogens (tertiary/aromatic N) is 1. The smallest absolute Gasteiger partial charge is 0.227 e. The van der Waals surface area contributed by atoms with Gasteiger partial charge < -0.3 is 19.7 Å². The molecular weight excluding hydrogens is 308 g/mol. The Morgan fingerprint density at radius 3 is 2.88 bits per heavy atom. The number of rotatable bonds is 8. The third kappa shape index (κ3) is 4.47. The van der Waals surface area contributed by atoms with Crippen LogP contribution in [0.15, 0.2) is 24.3 Å². The van der Waals surface area contributed by atoms with Crippen molar-refractivity contribution in [3.63, 3.8) is 0 Å². The summed E-state index contributed by atoms with van der Waals surface area (Å²) in [6, 6.07) is 7.45. The van der Waals surface area contributed by atoms with Crippen LogP contribution in [0.4, 0.5) is 5.69 Å². The van der Waals surface area contributed by atoms with Crippen molar-refractivity contribution >= 4 is 17.5 Å². The Bertz CT molecular complexity index is 576. The molecule has 2 amide bonds. The average molecular weight is 334 g/mol. The SMILES string of the molecule is CCOc1ccccc1N1CC(C(=O)NC(C)CCOC)CC1=O. The van der Waals surface area contributed by atoms with Crippen molar-refractivity contribution in [1.82, 2.24) is 5.32 Å². The molecule has 2 unspecified atom stereocenters. The number of amides is 2. The first kappa shape index (κ1) is 18.3. The van der Waals surface area contributed by atoms with Crippen molar-refractivity contribution in [1.29, 1.82) is 0 Å². The monoisotopic (exact) mass is 334 g/mol. The second-order valence-corrected chi connectivity index (χ2v) is 6.00. The van der Waals surface area contributed by atoms with E-state index in [1.807, 2.05) is 38.1 Å². The lowest BCUT2D eigenvalue weighted by Crippen LogP contribution is -2.38. The molecule has 0 radical (unpaired) electrons. The number of carbonyl (C=O) groups excluding carboxylic acids is 2. The van der Waals surface area contributed by atoms with Gasteiger partial charge in [-0.1, -0.05) is 12.1 Å². The van der Waals surface area contributed by atoms with Gasteiger partial charge in [0.25, 0.3) is 0 Å². The predicted octanol–water partition coefficient (Wildman–Crippen LogP) is 1.98. The lowest BCUT2D eigenvalue weighted by atomic mass is 10.1. The number of hydrogen-bond donors (Lipinski definition) is 1. The standard InChI is InChI=1S/C18H26N2O4/c1-4-24-16-8-6-5-7-15(16)20-12-14(11-17(20)21)18(22)19-13(2)9-10-23-3/h5-8,13-14H,4,9-12H2,1-3H3,(H,19,22). The zero-order valence-corrected chi connectivity index (χ0v) is 14.6. The van der Waals surface area contributed by atoms with Crippen LogP contribution in [-0.2, 0) is 14.3 Å². The van der Waals surface area contributed by atoms with E-state index in [-0.39, 0.29) is 30.2 Å². The van der Waals surface area contributed by atoms with Gasteiger partial charge in [-0.25, -0.2) is 0 Å².